The molecule has 2 atom stereocenters. The van der Waals surface area contributed by atoms with E-state index in [1.807, 2.05) is 25.3 Å². The molecule has 0 spiro atoms. The second kappa shape index (κ2) is 6.17. The van der Waals surface area contributed by atoms with Crippen molar-refractivity contribution in [3.05, 3.63) is 22.4 Å². The third-order valence-corrected chi connectivity index (χ3v) is 3.65. The summed E-state index contributed by atoms with van der Waals surface area (Å²) in [4.78, 5) is 13.2. The number of amides is 1. The molecule has 0 aromatic carbocycles. The van der Waals surface area contributed by atoms with E-state index in [0.717, 1.165) is 12.8 Å². The zero-order valence-corrected chi connectivity index (χ0v) is 11.6. The molecule has 96 valence electrons. The number of rotatable bonds is 6. The van der Waals surface area contributed by atoms with Crippen molar-refractivity contribution < 1.29 is 4.79 Å². The van der Waals surface area contributed by atoms with Crippen LogP contribution in [0, 0.1) is 0 Å². The maximum Gasteiger partial charge on any atom is 0.240 e. The average molecular weight is 254 g/mol. The molecule has 1 rings (SSSR count). The molecule has 0 saturated carbocycles. The minimum atomic E-state index is -0.752. The number of nitrogens with two attached hydrogens (primary N) is 1. The summed E-state index contributed by atoms with van der Waals surface area (Å²) in [5.74, 6) is -0.0524. The molecule has 1 amide bonds. The Kier molecular flexibility index (Phi) is 5.15. The summed E-state index contributed by atoms with van der Waals surface area (Å²) in [7, 11) is 0. The average Bonchev–Trinajstić information content (AvgIpc) is 2.69. The van der Waals surface area contributed by atoms with Gasteiger partial charge in [-0.15, -0.1) is 11.3 Å². The summed E-state index contributed by atoms with van der Waals surface area (Å²) in [6.45, 7) is 5.84. The fraction of sp³-hybridized carbons (Fsp3) is 0.615. The predicted octanol–water partition coefficient (Wildman–Crippen LogP) is 2.31. The lowest BCUT2D eigenvalue weighted by molar-refractivity contribution is -0.126. The fourth-order valence-corrected chi connectivity index (χ4v) is 2.64. The first kappa shape index (κ1) is 14.2. The Balaban J connectivity index is 2.45. The Bertz CT molecular complexity index is 346. The Morgan fingerprint density at radius 2 is 2.35 bits per heavy atom. The molecule has 2 unspecified atom stereocenters. The molecule has 3 nitrogen and oxygen atoms in total. The highest BCUT2D eigenvalue weighted by molar-refractivity contribution is 7.09. The van der Waals surface area contributed by atoms with E-state index >= 15 is 0 Å². The van der Waals surface area contributed by atoms with Crippen LogP contribution in [0.25, 0.3) is 0 Å². The molecule has 1 heterocycles. The third-order valence-electron chi connectivity index (χ3n) is 2.75. The number of nitrogens with one attached hydrogen (secondary N) is 1. The van der Waals surface area contributed by atoms with E-state index in [2.05, 4.69) is 11.4 Å². The number of hydrogen-bond acceptors (Lipinski definition) is 3. The number of hydrogen-bond donors (Lipinski definition) is 2. The van der Waals surface area contributed by atoms with Crippen LogP contribution in [0.1, 0.15) is 38.5 Å². The minimum Gasteiger partial charge on any atom is -0.352 e. The van der Waals surface area contributed by atoms with Crippen molar-refractivity contribution in [1.29, 1.82) is 0 Å². The van der Waals surface area contributed by atoms with Gasteiger partial charge in [0.2, 0.25) is 5.91 Å². The largest absolute Gasteiger partial charge is 0.352 e. The second-order valence-electron chi connectivity index (χ2n) is 4.83. The van der Waals surface area contributed by atoms with Crippen molar-refractivity contribution in [3.8, 4) is 0 Å². The van der Waals surface area contributed by atoms with Gasteiger partial charge in [-0.2, -0.15) is 0 Å². The van der Waals surface area contributed by atoms with Gasteiger partial charge in [-0.1, -0.05) is 19.4 Å². The summed E-state index contributed by atoms with van der Waals surface area (Å²) in [6.07, 6.45) is 2.50. The van der Waals surface area contributed by atoms with Crippen LogP contribution in [-0.4, -0.2) is 17.5 Å². The summed E-state index contributed by atoms with van der Waals surface area (Å²) in [5.41, 5.74) is 5.23. The first-order valence-corrected chi connectivity index (χ1v) is 6.96. The van der Waals surface area contributed by atoms with Gasteiger partial charge in [-0.3, -0.25) is 4.79 Å². The number of carbonyl (C=O) groups excluding carboxylic acids is 1. The van der Waals surface area contributed by atoms with Crippen LogP contribution in [0.2, 0.25) is 0 Å². The lowest BCUT2D eigenvalue weighted by Gasteiger charge is -2.25. The van der Waals surface area contributed by atoms with Gasteiger partial charge in [-0.05, 0) is 31.7 Å². The van der Waals surface area contributed by atoms with E-state index in [-0.39, 0.29) is 11.9 Å². The Morgan fingerprint density at radius 3 is 2.88 bits per heavy atom. The molecule has 0 bridgehead atoms. The van der Waals surface area contributed by atoms with Crippen LogP contribution < -0.4 is 11.1 Å². The van der Waals surface area contributed by atoms with E-state index in [1.165, 1.54) is 4.88 Å². The lowest BCUT2D eigenvalue weighted by Crippen LogP contribution is -2.53. The minimum absolute atomic E-state index is 0.0524. The van der Waals surface area contributed by atoms with Crippen LogP contribution in [-0.2, 0) is 11.2 Å². The van der Waals surface area contributed by atoms with Gasteiger partial charge < -0.3 is 11.1 Å². The summed E-state index contributed by atoms with van der Waals surface area (Å²) < 4.78 is 0. The van der Waals surface area contributed by atoms with Crippen LogP contribution in [0.4, 0.5) is 0 Å². The molecule has 0 aliphatic carbocycles. The standard InChI is InChI=1S/C13H22N2OS/c1-4-7-13(3,14)12(16)15-10(2)9-11-6-5-8-17-11/h5-6,8,10H,4,7,9,14H2,1-3H3,(H,15,16). The highest BCUT2D eigenvalue weighted by atomic mass is 32.1. The first-order chi connectivity index (χ1) is 7.95. The third kappa shape index (κ3) is 4.48. The highest BCUT2D eigenvalue weighted by Crippen LogP contribution is 2.13. The van der Waals surface area contributed by atoms with E-state index in [0.29, 0.717) is 6.42 Å². The summed E-state index contributed by atoms with van der Waals surface area (Å²) in [6, 6.07) is 4.24. The molecule has 0 aliphatic rings. The van der Waals surface area contributed by atoms with Crippen molar-refractivity contribution in [2.45, 2.75) is 51.6 Å². The quantitative estimate of drug-likeness (QED) is 0.818. The van der Waals surface area contributed by atoms with Crippen LogP contribution >= 0.6 is 11.3 Å². The Hall–Kier alpha value is -0.870. The van der Waals surface area contributed by atoms with Crippen LogP contribution in [0.3, 0.4) is 0 Å². The van der Waals surface area contributed by atoms with Crippen molar-refractivity contribution in [2.24, 2.45) is 5.73 Å². The maximum atomic E-state index is 12.0. The lowest BCUT2D eigenvalue weighted by atomic mass is 9.96. The molecule has 0 aliphatic heterocycles. The topological polar surface area (TPSA) is 55.1 Å². The molecule has 1 aromatic heterocycles. The SMILES string of the molecule is CCCC(C)(N)C(=O)NC(C)Cc1cccs1. The summed E-state index contributed by atoms with van der Waals surface area (Å²) >= 11 is 1.71. The highest BCUT2D eigenvalue weighted by Gasteiger charge is 2.27. The van der Waals surface area contributed by atoms with Crippen LogP contribution in [0.5, 0.6) is 0 Å². The van der Waals surface area contributed by atoms with Gasteiger partial charge in [0.25, 0.3) is 0 Å². The molecule has 4 heteroatoms. The van der Waals surface area contributed by atoms with Crippen molar-refractivity contribution in [2.75, 3.05) is 0 Å². The molecular formula is C13H22N2OS. The van der Waals surface area contributed by atoms with Crippen molar-refractivity contribution in [3.63, 3.8) is 0 Å². The van der Waals surface area contributed by atoms with Gasteiger partial charge in [-0.25, -0.2) is 0 Å². The van der Waals surface area contributed by atoms with E-state index in [1.54, 1.807) is 18.3 Å². The van der Waals surface area contributed by atoms with Gasteiger partial charge in [0.05, 0.1) is 5.54 Å². The smallest absolute Gasteiger partial charge is 0.240 e. The van der Waals surface area contributed by atoms with Gasteiger partial charge in [0.15, 0.2) is 0 Å². The predicted molar refractivity (Wildman–Crippen MR) is 73.1 cm³/mol. The first-order valence-electron chi connectivity index (χ1n) is 6.08. The van der Waals surface area contributed by atoms with Crippen LogP contribution in [0.15, 0.2) is 17.5 Å². The van der Waals surface area contributed by atoms with Crippen molar-refractivity contribution in [1.82, 2.24) is 5.32 Å². The molecule has 3 N–H and O–H groups in total. The van der Waals surface area contributed by atoms with E-state index in [4.69, 9.17) is 5.73 Å². The Morgan fingerprint density at radius 1 is 1.65 bits per heavy atom. The molecule has 0 saturated heterocycles. The molecule has 17 heavy (non-hydrogen) atoms. The van der Waals surface area contributed by atoms with Crippen molar-refractivity contribution >= 4 is 17.2 Å². The summed E-state index contributed by atoms with van der Waals surface area (Å²) in [5, 5.41) is 5.04. The molecule has 1 aromatic rings. The number of thiophene rings is 1. The normalized spacial score (nSPS) is 16.2. The molecular weight excluding hydrogens is 232 g/mol. The number of carbonyl (C=O) groups is 1. The second-order valence-corrected chi connectivity index (χ2v) is 5.86. The van der Waals surface area contributed by atoms with E-state index in [9.17, 15) is 4.79 Å². The van der Waals surface area contributed by atoms with Gasteiger partial charge in [0, 0.05) is 17.3 Å². The van der Waals surface area contributed by atoms with Gasteiger partial charge >= 0.3 is 0 Å². The molecule has 0 radical (unpaired) electrons. The maximum absolute atomic E-state index is 12.0. The fourth-order valence-electron chi connectivity index (χ4n) is 1.80. The monoisotopic (exact) mass is 254 g/mol. The zero-order chi connectivity index (χ0) is 12.9. The van der Waals surface area contributed by atoms with E-state index < -0.39 is 5.54 Å². The molecule has 0 fully saturated rings. The Labute approximate surface area is 107 Å². The van der Waals surface area contributed by atoms with Gasteiger partial charge in [0.1, 0.15) is 0 Å². The zero-order valence-electron chi connectivity index (χ0n) is 10.8.